The summed E-state index contributed by atoms with van der Waals surface area (Å²) in [5.74, 6) is 1.48. The molecule has 6 nitrogen and oxygen atoms in total. The zero-order valence-corrected chi connectivity index (χ0v) is 15.5. The fourth-order valence-corrected chi connectivity index (χ4v) is 3.62. The molecule has 0 spiro atoms. The Morgan fingerprint density at radius 2 is 2.04 bits per heavy atom. The molecule has 1 unspecified atom stereocenters. The number of nitrogens with one attached hydrogen (secondary N) is 2. The van der Waals surface area contributed by atoms with Crippen molar-refractivity contribution < 1.29 is 14.3 Å². The van der Waals surface area contributed by atoms with Crippen molar-refractivity contribution >= 4 is 11.7 Å². The Labute approximate surface area is 159 Å². The molecule has 0 aliphatic carbocycles. The van der Waals surface area contributed by atoms with Gasteiger partial charge in [0.2, 0.25) is 6.79 Å². The lowest BCUT2D eigenvalue weighted by Gasteiger charge is -2.20. The second kappa shape index (κ2) is 7.78. The van der Waals surface area contributed by atoms with Crippen molar-refractivity contribution in [2.45, 2.75) is 25.8 Å². The molecular formula is C21H25N3O3. The molecule has 0 fully saturated rings. The molecule has 2 amide bonds. The number of para-hydroxylation sites is 1. The molecule has 2 aliphatic rings. The zero-order chi connectivity index (χ0) is 18.6. The first-order chi connectivity index (χ1) is 13.2. The SMILES string of the molecule is CC(NC(=O)NCCCN1CCc2ccccc21)c1ccc2c(c1)OCO2. The number of hydrogen-bond donors (Lipinski definition) is 2. The number of carbonyl (C=O) groups is 1. The second-order valence-electron chi connectivity index (χ2n) is 6.95. The number of amides is 2. The molecule has 27 heavy (non-hydrogen) atoms. The van der Waals surface area contributed by atoms with Gasteiger partial charge in [-0.15, -0.1) is 0 Å². The van der Waals surface area contributed by atoms with E-state index >= 15 is 0 Å². The Balaban J connectivity index is 1.20. The van der Waals surface area contributed by atoms with Crippen molar-refractivity contribution in [3.63, 3.8) is 0 Å². The van der Waals surface area contributed by atoms with Crippen molar-refractivity contribution in [3.8, 4) is 11.5 Å². The number of anilines is 1. The quantitative estimate of drug-likeness (QED) is 0.770. The van der Waals surface area contributed by atoms with Crippen molar-refractivity contribution in [1.29, 1.82) is 0 Å². The highest BCUT2D eigenvalue weighted by Crippen LogP contribution is 2.34. The molecule has 0 saturated heterocycles. The summed E-state index contributed by atoms with van der Waals surface area (Å²) >= 11 is 0. The zero-order valence-electron chi connectivity index (χ0n) is 15.5. The number of nitrogens with zero attached hydrogens (tertiary/aromatic N) is 1. The second-order valence-corrected chi connectivity index (χ2v) is 6.95. The van der Waals surface area contributed by atoms with E-state index in [1.807, 2.05) is 25.1 Å². The first kappa shape index (κ1) is 17.5. The highest BCUT2D eigenvalue weighted by Gasteiger charge is 2.18. The lowest BCUT2D eigenvalue weighted by molar-refractivity contribution is 0.174. The minimum Gasteiger partial charge on any atom is -0.454 e. The summed E-state index contributed by atoms with van der Waals surface area (Å²) in [5, 5.41) is 5.92. The Bertz CT molecular complexity index is 824. The summed E-state index contributed by atoms with van der Waals surface area (Å²) < 4.78 is 10.7. The molecule has 2 N–H and O–H groups in total. The first-order valence-corrected chi connectivity index (χ1v) is 9.47. The number of benzene rings is 2. The first-order valence-electron chi connectivity index (χ1n) is 9.47. The van der Waals surface area contributed by atoms with Crippen LogP contribution in [0.15, 0.2) is 42.5 Å². The van der Waals surface area contributed by atoms with Crippen LogP contribution in [0.3, 0.4) is 0 Å². The van der Waals surface area contributed by atoms with Crippen LogP contribution >= 0.6 is 0 Å². The van der Waals surface area contributed by atoms with Gasteiger partial charge < -0.3 is 25.0 Å². The summed E-state index contributed by atoms with van der Waals surface area (Å²) in [4.78, 5) is 14.6. The topological polar surface area (TPSA) is 62.8 Å². The Morgan fingerprint density at radius 1 is 1.19 bits per heavy atom. The standard InChI is InChI=1S/C21H25N3O3/c1-15(17-7-8-19-20(13-17)27-14-26-19)23-21(25)22-10-4-11-24-12-9-16-5-2-3-6-18(16)24/h2-3,5-8,13,15H,4,9-12,14H2,1H3,(H2,22,23,25). The number of rotatable bonds is 6. The van der Waals surface area contributed by atoms with E-state index in [0.717, 1.165) is 43.0 Å². The van der Waals surface area contributed by atoms with Crippen LogP contribution < -0.4 is 25.0 Å². The summed E-state index contributed by atoms with van der Waals surface area (Å²) in [6.07, 6.45) is 2.03. The molecular weight excluding hydrogens is 342 g/mol. The highest BCUT2D eigenvalue weighted by molar-refractivity contribution is 5.74. The molecule has 1 atom stereocenters. The van der Waals surface area contributed by atoms with Gasteiger partial charge in [-0.05, 0) is 49.1 Å². The van der Waals surface area contributed by atoms with Gasteiger partial charge >= 0.3 is 6.03 Å². The summed E-state index contributed by atoms with van der Waals surface area (Å²) in [5.41, 5.74) is 3.74. The molecule has 4 rings (SSSR count). The molecule has 2 aromatic carbocycles. The van der Waals surface area contributed by atoms with E-state index < -0.39 is 0 Å². The molecule has 0 radical (unpaired) electrons. The Kier molecular flexibility index (Phi) is 5.05. The van der Waals surface area contributed by atoms with Crippen LogP contribution in [0.4, 0.5) is 10.5 Å². The maximum Gasteiger partial charge on any atom is 0.315 e. The molecule has 142 valence electrons. The number of hydrogen-bond acceptors (Lipinski definition) is 4. The maximum atomic E-state index is 12.2. The maximum absolute atomic E-state index is 12.2. The van der Waals surface area contributed by atoms with Crippen LogP contribution in [0, 0.1) is 0 Å². The molecule has 2 aliphatic heterocycles. The van der Waals surface area contributed by atoms with Gasteiger partial charge in [-0.3, -0.25) is 0 Å². The number of ether oxygens (including phenoxy) is 2. The Morgan fingerprint density at radius 3 is 2.96 bits per heavy atom. The average molecular weight is 367 g/mol. The fraction of sp³-hybridized carbons (Fsp3) is 0.381. The van der Waals surface area contributed by atoms with Crippen LogP contribution in [-0.4, -0.2) is 32.5 Å². The van der Waals surface area contributed by atoms with Gasteiger partial charge in [-0.2, -0.15) is 0 Å². The summed E-state index contributed by atoms with van der Waals surface area (Å²) in [6, 6.07) is 14.0. The van der Waals surface area contributed by atoms with Crippen molar-refractivity contribution in [1.82, 2.24) is 10.6 Å². The number of carbonyl (C=O) groups excluding carboxylic acids is 1. The molecule has 6 heteroatoms. The smallest absolute Gasteiger partial charge is 0.315 e. The van der Waals surface area contributed by atoms with Crippen LogP contribution in [-0.2, 0) is 6.42 Å². The van der Waals surface area contributed by atoms with E-state index in [9.17, 15) is 4.79 Å². The van der Waals surface area contributed by atoms with E-state index in [4.69, 9.17) is 9.47 Å². The van der Waals surface area contributed by atoms with E-state index in [0.29, 0.717) is 6.54 Å². The minimum absolute atomic E-state index is 0.107. The molecule has 0 bridgehead atoms. The van der Waals surface area contributed by atoms with Gasteiger partial charge in [-0.25, -0.2) is 4.79 Å². The molecule has 0 aromatic heterocycles. The van der Waals surface area contributed by atoms with Gasteiger partial charge in [-0.1, -0.05) is 24.3 Å². The number of fused-ring (bicyclic) bond motifs is 2. The normalized spacial score (nSPS) is 15.4. The fourth-order valence-electron chi connectivity index (χ4n) is 3.62. The Hall–Kier alpha value is -2.89. The van der Waals surface area contributed by atoms with Crippen molar-refractivity contribution in [3.05, 3.63) is 53.6 Å². The third kappa shape index (κ3) is 3.94. The van der Waals surface area contributed by atoms with Crippen LogP contribution in [0.5, 0.6) is 11.5 Å². The minimum atomic E-state index is -0.151. The van der Waals surface area contributed by atoms with Crippen molar-refractivity contribution in [2.75, 3.05) is 31.3 Å². The summed E-state index contributed by atoms with van der Waals surface area (Å²) in [7, 11) is 0. The summed E-state index contributed by atoms with van der Waals surface area (Å²) in [6.45, 7) is 4.88. The van der Waals surface area contributed by atoms with Crippen LogP contribution in [0.1, 0.15) is 30.5 Å². The van der Waals surface area contributed by atoms with Gasteiger partial charge in [0.05, 0.1) is 6.04 Å². The van der Waals surface area contributed by atoms with Gasteiger partial charge in [0.25, 0.3) is 0 Å². The predicted molar refractivity (Wildman–Crippen MR) is 104 cm³/mol. The van der Waals surface area contributed by atoms with Crippen LogP contribution in [0.2, 0.25) is 0 Å². The lowest BCUT2D eigenvalue weighted by Crippen LogP contribution is -2.38. The monoisotopic (exact) mass is 367 g/mol. The number of urea groups is 1. The lowest BCUT2D eigenvalue weighted by atomic mass is 10.1. The van der Waals surface area contributed by atoms with Gasteiger partial charge in [0.15, 0.2) is 11.5 Å². The van der Waals surface area contributed by atoms with E-state index in [-0.39, 0.29) is 18.9 Å². The van der Waals surface area contributed by atoms with Gasteiger partial charge in [0.1, 0.15) is 0 Å². The van der Waals surface area contributed by atoms with Crippen molar-refractivity contribution in [2.24, 2.45) is 0 Å². The molecule has 2 heterocycles. The van der Waals surface area contributed by atoms with E-state index in [1.54, 1.807) is 0 Å². The highest BCUT2D eigenvalue weighted by atomic mass is 16.7. The van der Waals surface area contributed by atoms with Crippen LogP contribution in [0.25, 0.3) is 0 Å². The van der Waals surface area contributed by atoms with E-state index in [2.05, 4.69) is 39.8 Å². The largest absolute Gasteiger partial charge is 0.454 e. The third-order valence-corrected chi connectivity index (χ3v) is 5.12. The average Bonchev–Trinajstić information content (AvgIpc) is 3.31. The van der Waals surface area contributed by atoms with Gasteiger partial charge in [0, 0.05) is 25.3 Å². The molecule has 0 saturated carbocycles. The predicted octanol–water partition coefficient (Wildman–Crippen LogP) is 3.23. The molecule has 2 aromatic rings. The van der Waals surface area contributed by atoms with E-state index in [1.165, 1.54) is 11.3 Å². The third-order valence-electron chi connectivity index (χ3n) is 5.12.